The average Bonchev–Trinajstić information content (AvgIpc) is 3.11. The molecule has 0 radical (unpaired) electrons. The standard InChI is InChI=1S/C42H28BN/c1-3-14-30(15-4-1)43-42-32(23-13-24-39(42)38-22-11-12-25-41(38)44(43)31-16-5-2-6-17-31)29-26-27-37-35-20-8-7-18-33(35)34-19-9-10-21-36(34)40(37)28-29/h1-28H. The van der Waals surface area contributed by atoms with Gasteiger partial charge in [0.25, 0.3) is 0 Å². The van der Waals surface area contributed by atoms with E-state index in [0.717, 1.165) is 0 Å². The molecule has 0 saturated carbocycles. The lowest BCUT2D eigenvalue weighted by Crippen LogP contribution is -2.58. The second kappa shape index (κ2) is 10.0. The van der Waals surface area contributed by atoms with Crippen LogP contribution in [0.2, 0.25) is 0 Å². The molecule has 9 rings (SSSR count). The number of hydrogen-bond acceptors (Lipinski definition) is 1. The maximum Gasteiger partial charge on any atom is 0.329 e. The van der Waals surface area contributed by atoms with Crippen LogP contribution in [-0.2, 0) is 0 Å². The van der Waals surface area contributed by atoms with Crippen molar-refractivity contribution >= 4 is 61.5 Å². The molecule has 0 N–H and O–H groups in total. The molecule has 8 aromatic carbocycles. The van der Waals surface area contributed by atoms with E-state index in [9.17, 15) is 0 Å². The molecule has 1 aliphatic rings. The summed E-state index contributed by atoms with van der Waals surface area (Å²) < 4.78 is 0. The van der Waals surface area contributed by atoms with E-state index in [0.29, 0.717) is 0 Å². The van der Waals surface area contributed by atoms with Crippen LogP contribution in [0.4, 0.5) is 11.4 Å². The predicted octanol–water partition coefficient (Wildman–Crippen LogP) is 9.74. The number of anilines is 2. The van der Waals surface area contributed by atoms with Gasteiger partial charge in [0.15, 0.2) is 0 Å². The van der Waals surface area contributed by atoms with Gasteiger partial charge < -0.3 is 4.81 Å². The molecule has 1 aliphatic heterocycles. The zero-order valence-corrected chi connectivity index (χ0v) is 24.2. The van der Waals surface area contributed by atoms with Crippen molar-refractivity contribution in [2.75, 3.05) is 4.81 Å². The molecule has 8 aromatic rings. The quantitative estimate of drug-likeness (QED) is 0.154. The molecule has 0 bridgehead atoms. The maximum atomic E-state index is 2.53. The minimum absolute atomic E-state index is 0.00347. The first-order valence-corrected chi connectivity index (χ1v) is 15.3. The lowest BCUT2D eigenvalue weighted by atomic mass is 9.44. The van der Waals surface area contributed by atoms with E-state index in [1.165, 1.54) is 76.9 Å². The van der Waals surface area contributed by atoms with E-state index in [1.807, 2.05) is 0 Å². The number of fused-ring (bicyclic) bond motifs is 9. The van der Waals surface area contributed by atoms with Gasteiger partial charge >= 0.3 is 6.85 Å². The smallest absolute Gasteiger partial charge is 0.329 e. The van der Waals surface area contributed by atoms with Crippen LogP contribution >= 0.6 is 0 Å². The predicted molar refractivity (Wildman–Crippen MR) is 190 cm³/mol. The second-order valence-corrected chi connectivity index (χ2v) is 11.7. The summed E-state index contributed by atoms with van der Waals surface area (Å²) in [6.45, 7) is 0.00347. The van der Waals surface area contributed by atoms with Gasteiger partial charge in [0.2, 0.25) is 0 Å². The molecule has 44 heavy (non-hydrogen) atoms. The molecular weight excluding hydrogens is 529 g/mol. The summed E-state index contributed by atoms with van der Waals surface area (Å²) in [4.78, 5) is 2.53. The monoisotopic (exact) mass is 557 g/mol. The van der Waals surface area contributed by atoms with Crippen molar-refractivity contribution < 1.29 is 0 Å². The molecule has 2 heteroatoms. The average molecular weight is 558 g/mol. The van der Waals surface area contributed by atoms with Crippen molar-refractivity contribution in [3.8, 4) is 22.3 Å². The van der Waals surface area contributed by atoms with Crippen molar-refractivity contribution in [1.29, 1.82) is 0 Å². The summed E-state index contributed by atoms with van der Waals surface area (Å²) in [6, 6.07) is 62.3. The fourth-order valence-electron chi connectivity index (χ4n) is 7.43. The van der Waals surface area contributed by atoms with Gasteiger partial charge in [-0.15, -0.1) is 0 Å². The Morgan fingerprint density at radius 3 is 1.59 bits per heavy atom. The van der Waals surface area contributed by atoms with Gasteiger partial charge in [0.1, 0.15) is 0 Å². The molecule has 0 aliphatic carbocycles. The normalized spacial score (nSPS) is 12.5. The van der Waals surface area contributed by atoms with E-state index in [1.54, 1.807) is 0 Å². The highest BCUT2D eigenvalue weighted by molar-refractivity contribution is 6.91. The zero-order valence-electron chi connectivity index (χ0n) is 24.2. The van der Waals surface area contributed by atoms with E-state index >= 15 is 0 Å². The minimum Gasteiger partial charge on any atom is -0.376 e. The fraction of sp³-hybridized carbons (Fsp3) is 0. The Balaban J connectivity index is 1.37. The summed E-state index contributed by atoms with van der Waals surface area (Å²) in [5, 5.41) is 7.79. The van der Waals surface area contributed by atoms with Crippen molar-refractivity contribution in [1.82, 2.24) is 0 Å². The van der Waals surface area contributed by atoms with Crippen LogP contribution in [0.1, 0.15) is 0 Å². The Bertz CT molecular complexity index is 2310. The second-order valence-electron chi connectivity index (χ2n) is 11.7. The highest BCUT2D eigenvalue weighted by Gasteiger charge is 2.38. The summed E-state index contributed by atoms with van der Waals surface area (Å²) in [6.07, 6.45) is 0. The van der Waals surface area contributed by atoms with Crippen LogP contribution in [-0.4, -0.2) is 6.85 Å². The highest BCUT2D eigenvalue weighted by Crippen LogP contribution is 2.42. The van der Waals surface area contributed by atoms with E-state index in [4.69, 9.17) is 0 Å². The number of benzene rings is 8. The molecule has 0 spiro atoms. The van der Waals surface area contributed by atoms with E-state index in [2.05, 4.69) is 175 Å². The lowest BCUT2D eigenvalue weighted by Gasteiger charge is -2.40. The first-order chi connectivity index (χ1) is 21.9. The topological polar surface area (TPSA) is 3.24 Å². The van der Waals surface area contributed by atoms with E-state index < -0.39 is 0 Å². The summed E-state index contributed by atoms with van der Waals surface area (Å²) >= 11 is 0. The lowest BCUT2D eigenvalue weighted by molar-refractivity contribution is 1.36. The van der Waals surface area contributed by atoms with Crippen LogP contribution in [0.25, 0.3) is 54.6 Å². The first kappa shape index (κ1) is 25.0. The summed E-state index contributed by atoms with van der Waals surface area (Å²) in [5.41, 5.74) is 10.1. The maximum absolute atomic E-state index is 2.53. The van der Waals surface area contributed by atoms with Crippen LogP contribution < -0.4 is 15.7 Å². The van der Waals surface area contributed by atoms with Crippen molar-refractivity contribution in [2.24, 2.45) is 0 Å². The molecule has 1 heterocycles. The molecule has 0 aromatic heterocycles. The molecule has 0 fully saturated rings. The van der Waals surface area contributed by atoms with Crippen molar-refractivity contribution in [3.63, 3.8) is 0 Å². The Morgan fingerprint density at radius 1 is 0.364 bits per heavy atom. The zero-order chi connectivity index (χ0) is 29.0. The molecular formula is C42H28BN. The number of para-hydroxylation sites is 2. The molecule has 0 atom stereocenters. The number of nitrogens with zero attached hydrogens (tertiary/aromatic N) is 1. The Labute approximate surface area is 257 Å². The molecule has 0 amide bonds. The minimum atomic E-state index is 0.00347. The first-order valence-electron chi connectivity index (χ1n) is 15.3. The van der Waals surface area contributed by atoms with Crippen LogP contribution in [0.15, 0.2) is 170 Å². The van der Waals surface area contributed by atoms with Crippen LogP contribution in [0.5, 0.6) is 0 Å². The van der Waals surface area contributed by atoms with Crippen molar-refractivity contribution in [3.05, 3.63) is 170 Å². The summed E-state index contributed by atoms with van der Waals surface area (Å²) in [7, 11) is 0. The summed E-state index contributed by atoms with van der Waals surface area (Å²) in [5.74, 6) is 0. The van der Waals surface area contributed by atoms with Gasteiger partial charge in [-0.2, -0.15) is 0 Å². The third-order valence-corrected chi connectivity index (χ3v) is 9.30. The highest BCUT2D eigenvalue weighted by atomic mass is 15.1. The fourth-order valence-corrected chi connectivity index (χ4v) is 7.43. The Morgan fingerprint density at radius 2 is 0.886 bits per heavy atom. The van der Waals surface area contributed by atoms with Crippen LogP contribution in [0, 0.1) is 0 Å². The third-order valence-electron chi connectivity index (χ3n) is 9.30. The molecule has 1 nitrogen and oxygen atoms in total. The molecule has 204 valence electrons. The van der Waals surface area contributed by atoms with Gasteiger partial charge in [-0.1, -0.05) is 151 Å². The van der Waals surface area contributed by atoms with Gasteiger partial charge in [-0.05, 0) is 78.7 Å². The van der Waals surface area contributed by atoms with Gasteiger partial charge in [-0.25, -0.2) is 0 Å². The SMILES string of the molecule is c1ccc(B2c3c(-c4ccc5c6ccccc6c6ccccc6c5c4)cccc3-c3ccccc3N2c2ccccc2)cc1. The number of hydrogen-bond donors (Lipinski definition) is 0. The molecule has 0 saturated heterocycles. The van der Waals surface area contributed by atoms with Crippen LogP contribution in [0.3, 0.4) is 0 Å². The largest absolute Gasteiger partial charge is 0.376 e. The third kappa shape index (κ3) is 3.74. The number of rotatable bonds is 3. The van der Waals surface area contributed by atoms with Gasteiger partial charge in [-0.3, -0.25) is 0 Å². The van der Waals surface area contributed by atoms with Crippen molar-refractivity contribution in [2.45, 2.75) is 0 Å². The van der Waals surface area contributed by atoms with Gasteiger partial charge in [0, 0.05) is 16.9 Å². The Hall–Kier alpha value is -5.60. The Kier molecular flexibility index (Phi) is 5.67. The van der Waals surface area contributed by atoms with Gasteiger partial charge in [0.05, 0.1) is 0 Å². The molecule has 0 unspecified atom stereocenters. The van der Waals surface area contributed by atoms with E-state index in [-0.39, 0.29) is 6.85 Å².